The van der Waals surface area contributed by atoms with E-state index in [0.717, 1.165) is 16.6 Å². The van der Waals surface area contributed by atoms with E-state index in [1.54, 1.807) is 0 Å². The molecule has 20 heavy (non-hydrogen) atoms. The van der Waals surface area contributed by atoms with E-state index in [2.05, 4.69) is 35.3 Å². The summed E-state index contributed by atoms with van der Waals surface area (Å²) in [7, 11) is 0. The molecular weight excluding hydrogens is 252 g/mol. The summed E-state index contributed by atoms with van der Waals surface area (Å²) in [6.45, 7) is 9.52. The van der Waals surface area contributed by atoms with Gasteiger partial charge in [-0.25, -0.2) is 9.67 Å². The zero-order valence-electron chi connectivity index (χ0n) is 12.7. The molecule has 0 radical (unpaired) electrons. The van der Waals surface area contributed by atoms with Crippen LogP contribution in [0.15, 0.2) is 18.5 Å². The lowest BCUT2D eigenvalue weighted by Crippen LogP contribution is -2.30. The molecule has 0 spiro atoms. The third-order valence-corrected chi connectivity index (χ3v) is 3.43. The first-order valence-corrected chi connectivity index (χ1v) is 7.20. The summed E-state index contributed by atoms with van der Waals surface area (Å²) < 4.78 is 1.93. The molecule has 2 heterocycles. The van der Waals surface area contributed by atoms with E-state index in [-0.39, 0.29) is 12.0 Å². The molecule has 0 aliphatic rings. The average Bonchev–Trinajstić information content (AvgIpc) is 2.81. The summed E-state index contributed by atoms with van der Waals surface area (Å²) in [6.07, 6.45) is 3.42. The normalized spacial score (nSPS) is 13.6. The van der Waals surface area contributed by atoms with Crippen LogP contribution in [-0.2, 0) is 6.54 Å². The van der Waals surface area contributed by atoms with Crippen LogP contribution in [0.5, 0.6) is 0 Å². The Hall–Kier alpha value is -1.46. The molecule has 1 atom stereocenters. The zero-order valence-corrected chi connectivity index (χ0v) is 12.7. The van der Waals surface area contributed by atoms with Crippen LogP contribution in [0.2, 0.25) is 0 Å². The number of nitrogens with zero attached hydrogens (tertiary/aromatic N) is 3. The standard InChI is InChI=1S/C15H24N4O/c1-10(2)14(20)9-16-6-12-5-13-8-18-19(11(3)4)15(13)17-7-12/h5,7-8,10-11,14,16,20H,6,9H2,1-4H3. The van der Waals surface area contributed by atoms with Gasteiger partial charge in [0.1, 0.15) is 0 Å². The van der Waals surface area contributed by atoms with E-state index >= 15 is 0 Å². The van der Waals surface area contributed by atoms with Crippen molar-refractivity contribution < 1.29 is 5.11 Å². The number of nitrogens with one attached hydrogen (secondary N) is 1. The van der Waals surface area contributed by atoms with Crippen LogP contribution >= 0.6 is 0 Å². The molecule has 110 valence electrons. The van der Waals surface area contributed by atoms with Crippen LogP contribution in [0, 0.1) is 5.92 Å². The maximum Gasteiger partial charge on any atom is 0.157 e. The van der Waals surface area contributed by atoms with Gasteiger partial charge in [-0.15, -0.1) is 0 Å². The quantitative estimate of drug-likeness (QED) is 0.848. The maximum atomic E-state index is 9.75. The Morgan fingerprint density at radius 3 is 2.65 bits per heavy atom. The van der Waals surface area contributed by atoms with Gasteiger partial charge in [-0.2, -0.15) is 5.10 Å². The Kier molecular flexibility index (Phi) is 4.73. The number of aliphatic hydroxyl groups is 1. The molecule has 0 amide bonds. The van der Waals surface area contributed by atoms with Gasteiger partial charge in [-0.1, -0.05) is 13.8 Å². The highest BCUT2D eigenvalue weighted by atomic mass is 16.3. The first kappa shape index (κ1) is 14.9. The number of hydrogen-bond acceptors (Lipinski definition) is 4. The van der Waals surface area contributed by atoms with Gasteiger partial charge in [0.15, 0.2) is 5.65 Å². The number of fused-ring (bicyclic) bond motifs is 1. The Bertz CT molecular complexity index is 562. The Morgan fingerprint density at radius 1 is 1.25 bits per heavy atom. The third kappa shape index (κ3) is 3.35. The van der Waals surface area contributed by atoms with Gasteiger partial charge >= 0.3 is 0 Å². The fraction of sp³-hybridized carbons (Fsp3) is 0.600. The molecule has 5 nitrogen and oxygen atoms in total. The largest absolute Gasteiger partial charge is 0.392 e. The second kappa shape index (κ2) is 6.33. The molecule has 0 bridgehead atoms. The van der Waals surface area contributed by atoms with Crippen LogP contribution < -0.4 is 5.32 Å². The van der Waals surface area contributed by atoms with Crippen molar-refractivity contribution in [3.63, 3.8) is 0 Å². The van der Waals surface area contributed by atoms with Crippen LogP contribution in [0.4, 0.5) is 0 Å². The predicted octanol–water partition coefficient (Wildman–Crippen LogP) is 2.12. The summed E-state index contributed by atoms with van der Waals surface area (Å²) in [6, 6.07) is 2.41. The van der Waals surface area contributed by atoms with Crippen molar-refractivity contribution in [3.05, 3.63) is 24.0 Å². The van der Waals surface area contributed by atoms with Crippen molar-refractivity contribution in [2.75, 3.05) is 6.54 Å². The summed E-state index contributed by atoms with van der Waals surface area (Å²) in [4.78, 5) is 4.49. The van der Waals surface area contributed by atoms with Gasteiger partial charge in [0.25, 0.3) is 0 Å². The maximum absolute atomic E-state index is 9.75. The molecular formula is C15H24N4O. The smallest absolute Gasteiger partial charge is 0.157 e. The summed E-state index contributed by atoms with van der Waals surface area (Å²) >= 11 is 0. The predicted molar refractivity (Wildman–Crippen MR) is 80.5 cm³/mol. The van der Waals surface area contributed by atoms with E-state index in [0.29, 0.717) is 19.1 Å². The van der Waals surface area contributed by atoms with Gasteiger partial charge in [0.05, 0.1) is 12.3 Å². The minimum Gasteiger partial charge on any atom is -0.392 e. The molecule has 5 heteroatoms. The van der Waals surface area contributed by atoms with Crippen molar-refractivity contribution in [2.45, 2.75) is 46.4 Å². The van der Waals surface area contributed by atoms with Gasteiger partial charge in [0.2, 0.25) is 0 Å². The Labute approximate surface area is 120 Å². The van der Waals surface area contributed by atoms with E-state index in [4.69, 9.17) is 0 Å². The van der Waals surface area contributed by atoms with Crippen molar-refractivity contribution in [3.8, 4) is 0 Å². The van der Waals surface area contributed by atoms with Crippen molar-refractivity contribution >= 4 is 11.0 Å². The lowest BCUT2D eigenvalue weighted by Gasteiger charge is -2.15. The Morgan fingerprint density at radius 2 is 2.00 bits per heavy atom. The number of pyridine rings is 1. The van der Waals surface area contributed by atoms with E-state index < -0.39 is 0 Å². The molecule has 2 aromatic heterocycles. The first-order chi connectivity index (χ1) is 9.49. The molecule has 0 aliphatic heterocycles. The minimum atomic E-state index is -0.310. The number of aliphatic hydroxyl groups excluding tert-OH is 1. The van der Waals surface area contributed by atoms with Crippen LogP contribution in [0.25, 0.3) is 11.0 Å². The molecule has 2 rings (SSSR count). The van der Waals surface area contributed by atoms with Crippen molar-refractivity contribution in [1.29, 1.82) is 0 Å². The third-order valence-electron chi connectivity index (χ3n) is 3.43. The van der Waals surface area contributed by atoms with E-state index in [9.17, 15) is 5.11 Å². The topological polar surface area (TPSA) is 63.0 Å². The second-order valence-electron chi connectivity index (χ2n) is 5.88. The van der Waals surface area contributed by atoms with Crippen LogP contribution in [0.3, 0.4) is 0 Å². The van der Waals surface area contributed by atoms with E-state index in [1.165, 1.54) is 0 Å². The molecule has 2 N–H and O–H groups in total. The minimum absolute atomic E-state index is 0.271. The zero-order chi connectivity index (χ0) is 14.7. The fourth-order valence-corrected chi connectivity index (χ4v) is 2.06. The summed E-state index contributed by atoms with van der Waals surface area (Å²) in [5, 5.41) is 18.4. The van der Waals surface area contributed by atoms with Crippen LogP contribution in [0.1, 0.15) is 39.3 Å². The molecule has 0 saturated heterocycles. The number of rotatable bonds is 6. The summed E-state index contributed by atoms with van der Waals surface area (Å²) in [5.74, 6) is 0.271. The fourth-order valence-electron chi connectivity index (χ4n) is 2.06. The lowest BCUT2D eigenvalue weighted by molar-refractivity contribution is 0.123. The van der Waals surface area contributed by atoms with Crippen molar-refractivity contribution in [2.24, 2.45) is 5.92 Å². The average molecular weight is 276 g/mol. The molecule has 0 aliphatic carbocycles. The first-order valence-electron chi connectivity index (χ1n) is 7.20. The highest BCUT2D eigenvalue weighted by Gasteiger charge is 2.10. The molecule has 0 saturated carbocycles. The van der Waals surface area contributed by atoms with Crippen molar-refractivity contribution in [1.82, 2.24) is 20.1 Å². The van der Waals surface area contributed by atoms with Gasteiger partial charge in [-0.3, -0.25) is 0 Å². The van der Waals surface area contributed by atoms with Gasteiger partial charge < -0.3 is 10.4 Å². The SMILES string of the molecule is CC(C)C(O)CNCc1cnc2c(cnn2C(C)C)c1. The lowest BCUT2D eigenvalue weighted by atomic mass is 10.1. The monoisotopic (exact) mass is 276 g/mol. The molecule has 1 unspecified atom stereocenters. The number of hydrogen-bond donors (Lipinski definition) is 2. The van der Waals surface area contributed by atoms with Crippen LogP contribution in [-0.4, -0.2) is 32.5 Å². The highest BCUT2D eigenvalue weighted by Crippen LogP contribution is 2.16. The number of aromatic nitrogens is 3. The molecule has 2 aromatic rings. The van der Waals surface area contributed by atoms with Gasteiger partial charge in [-0.05, 0) is 31.4 Å². The Balaban J connectivity index is 2.02. The second-order valence-corrected chi connectivity index (χ2v) is 5.88. The molecule has 0 aromatic carbocycles. The van der Waals surface area contributed by atoms with Gasteiger partial charge in [0, 0.05) is 30.7 Å². The highest BCUT2D eigenvalue weighted by molar-refractivity contribution is 5.75. The molecule has 0 fully saturated rings. The summed E-state index contributed by atoms with van der Waals surface area (Å²) in [5.41, 5.74) is 2.03. The van der Waals surface area contributed by atoms with E-state index in [1.807, 2.05) is 30.9 Å².